The van der Waals surface area contributed by atoms with E-state index in [1.807, 2.05) is 0 Å². The van der Waals surface area contributed by atoms with Crippen LogP contribution in [0.25, 0.3) is 0 Å². The summed E-state index contributed by atoms with van der Waals surface area (Å²) >= 11 is 0. The van der Waals surface area contributed by atoms with Crippen LogP contribution in [0.15, 0.2) is 0 Å². The molecule has 1 saturated heterocycles. The Labute approximate surface area is 124 Å². The van der Waals surface area contributed by atoms with Crippen LogP contribution in [-0.2, 0) is 9.47 Å². The molecule has 1 saturated carbocycles. The Bertz CT molecular complexity index is 270. The maximum Gasteiger partial charge on any atom is 0.0589 e. The summed E-state index contributed by atoms with van der Waals surface area (Å²) in [5.74, 6) is 0.915. The molecule has 4 nitrogen and oxygen atoms in total. The molecule has 2 aliphatic rings. The molecule has 1 heterocycles. The van der Waals surface area contributed by atoms with E-state index < -0.39 is 0 Å². The quantitative estimate of drug-likeness (QED) is 0.699. The maximum atomic E-state index is 5.58. The lowest BCUT2D eigenvalue weighted by atomic mass is 9.79. The number of rotatable bonds is 9. The second kappa shape index (κ2) is 7.74. The van der Waals surface area contributed by atoms with Crippen molar-refractivity contribution in [2.24, 2.45) is 11.3 Å². The number of hydrogen-bond donors (Lipinski definition) is 1. The summed E-state index contributed by atoms with van der Waals surface area (Å²) in [4.78, 5) is 2.67. The number of nitrogens with zero attached hydrogens (tertiary/aromatic N) is 1. The molecule has 1 N–H and O–H groups in total. The van der Waals surface area contributed by atoms with Crippen LogP contribution in [0.4, 0.5) is 0 Å². The summed E-state index contributed by atoms with van der Waals surface area (Å²) in [5.41, 5.74) is 0.379. The fourth-order valence-corrected chi connectivity index (χ4v) is 3.51. The molecule has 1 aliphatic heterocycles. The van der Waals surface area contributed by atoms with Gasteiger partial charge in [-0.1, -0.05) is 0 Å². The third-order valence-corrected chi connectivity index (χ3v) is 5.11. The Kier molecular flexibility index (Phi) is 6.27. The Morgan fingerprint density at radius 2 is 2.05 bits per heavy atom. The van der Waals surface area contributed by atoms with E-state index in [-0.39, 0.29) is 0 Å². The zero-order valence-corrected chi connectivity index (χ0v) is 13.5. The Morgan fingerprint density at radius 3 is 2.60 bits per heavy atom. The van der Waals surface area contributed by atoms with Gasteiger partial charge in [0.1, 0.15) is 0 Å². The summed E-state index contributed by atoms with van der Waals surface area (Å²) in [6.45, 7) is 8.40. The Balaban J connectivity index is 1.98. The second-order valence-electron chi connectivity index (χ2n) is 6.68. The standard InChI is InChI=1S/C16H32N2O2/c1-14(15-4-5-15)18(8-11-19-3)13-16(12-17-2)6-9-20-10-7-16/h14-15,17H,4-13H2,1-3H3. The fourth-order valence-electron chi connectivity index (χ4n) is 3.51. The van der Waals surface area contributed by atoms with Crippen molar-refractivity contribution in [1.29, 1.82) is 0 Å². The van der Waals surface area contributed by atoms with Crippen LogP contribution < -0.4 is 5.32 Å². The molecular weight excluding hydrogens is 252 g/mol. The lowest BCUT2D eigenvalue weighted by molar-refractivity contribution is -0.0159. The molecule has 0 aromatic carbocycles. The largest absolute Gasteiger partial charge is 0.383 e. The van der Waals surface area contributed by atoms with Gasteiger partial charge in [0.15, 0.2) is 0 Å². The van der Waals surface area contributed by atoms with Crippen LogP contribution in [-0.4, -0.2) is 64.6 Å². The van der Waals surface area contributed by atoms with Crippen LogP contribution in [0.2, 0.25) is 0 Å². The van der Waals surface area contributed by atoms with E-state index in [1.165, 1.54) is 32.2 Å². The van der Waals surface area contributed by atoms with Gasteiger partial charge >= 0.3 is 0 Å². The number of ether oxygens (including phenoxy) is 2. The molecule has 0 spiro atoms. The molecule has 1 unspecified atom stereocenters. The molecule has 0 radical (unpaired) electrons. The molecule has 1 atom stereocenters. The van der Waals surface area contributed by atoms with E-state index in [0.29, 0.717) is 11.5 Å². The highest BCUT2D eigenvalue weighted by atomic mass is 16.5. The summed E-state index contributed by atoms with van der Waals surface area (Å²) in [6.07, 6.45) is 5.17. The molecule has 0 aromatic rings. The molecule has 0 amide bonds. The van der Waals surface area contributed by atoms with Gasteiger partial charge in [0.25, 0.3) is 0 Å². The van der Waals surface area contributed by atoms with Crippen LogP contribution in [0.5, 0.6) is 0 Å². The molecule has 2 fully saturated rings. The highest BCUT2D eigenvalue weighted by Gasteiger charge is 2.38. The fraction of sp³-hybridized carbons (Fsp3) is 1.00. The molecule has 118 valence electrons. The maximum absolute atomic E-state index is 5.58. The minimum Gasteiger partial charge on any atom is -0.383 e. The SMILES string of the molecule is CNCC1(CN(CCOC)C(C)C2CC2)CCOCC1. The molecular formula is C16H32N2O2. The van der Waals surface area contributed by atoms with Gasteiger partial charge < -0.3 is 14.8 Å². The zero-order valence-electron chi connectivity index (χ0n) is 13.5. The van der Waals surface area contributed by atoms with Crippen molar-refractivity contribution < 1.29 is 9.47 Å². The third kappa shape index (κ3) is 4.42. The van der Waals surface area contributed by atoms with Crippen LogP contribution >= 0.6 is 0 Å². The van der Waals surface area contributed by atoms with Crippen LogP contribution in [0.1, 0.15) is 32.6 Å². The number of methoxy groups -OCH3 is 1. The predicted octanol–water partition coefficient (Wildman–Crippen LogP) is 1.75. The average molecular weight is 284 g/mol. The Morgan fingerprint density at radius 1 is 1.35 bits per heavy atom. The van der Waals surface area contributed by atoms with Gasteiger partial charge in [-0.05, 0) is 51.0 Å². The lowest BCUT2D eigenvalue weighted by Crippen LogP contribution is -2.50. The first-order valence-electron chi connectivity index (χ1n) is 8.16. The molecule has 20 heavy (non-hydrogen) atoms. The monoisotopic (exact) mass is 284 g/mol. The summed E-state index contributed by atoms with van der Waals surface area (Å²) in [5, 5.41) is 3.41. The number of nitrogens with one attached hydrogen (secondary N) is 1. The van der Waals surface area contributed by atoms with Gasteiger partial charge in [-0.2, -0.15) is 0 Å². The summed E-state index contributed by atoms with van der Waals surface area (Å²) < 4.78 is 10.9. The van der Waals surface area contributed by atoms with Crippen molar-refractivity contribution >= 4 is 0 Å². The summed E-state index contributed by atoms with van der Waals surface area (Å²) in [6, 6.07) is 0.696. The topological polar surface area (TPSA) is 33.7 Å². The van der Waals surface area contributed by atoms with E-state index in [2.05, 4.69) is 24.2 Å². The van der Waals surface area contributed by atoms with E-state index in [1.54, 1.807) is 7.11 Å². The van der Waals surface area contributed by atoms with Gasteiger partial charge in [0.05, 0.1) is 6.61 Å². The molecule has 4 heteroatoms. The molecule has 2 rings (SSSR count). The smallest absolute Gasteiger partial charge is 0.0589 e. The van der Waals surface area contributed by atoms with Crippen molar-refractivity contribution in [3.05, 3.63) is 0 Å². The van der Waals surface area contributed by atoms with E-state index >= 15 is 0 Å². The first-order chi connectivity index (χ1) is 9.71. The Hall–Kier alpha value is -0.160. The number of hydrogen-bond acceptors (Lipinski definition) is 4. The molecule has 0 aromatic heterocycles. The molecule has 0 bridgehead atoms. The van der Waals surface area contributed by atoms with E-state index in [0.717, 1.165) is 38.8 Å². The third-order valence-electron chi connectivity index (χ3n) is 5.11. The second-order valence-corrected chi connectivity index (χ2v) is 6.68. The molecule has 1 aliphatic carbocycles. The first-order valence-corrected chi connectivity index (χ1v) is 8.16. The average Bonchev–Trinajstić information content (AvgIpc) is 3.28. The highest BCUT2D eigenvalue weighted by Crippen LogP contribution is 2.38. The first kappa shape index (κ1) is 16.2. The minimum absolute atomic E-state index is 0.379. The van der Waals surface area contributed by atoms with Crippen molar-refractivity contribution in [3.8, 4) is 0 Å². The van der Waals surface area contributed by atoms with Crippen molar-refractivity contribution in [3.63, 3.8) is 0 Å². The normalized spacial score (nSPS) is 24.0. The van der Waals surface area contributed by atoms with E-state index in [9.17, 15) is 0 Å². The predicted molar refractivity (Wildman–Crippen MR) is 82.0 cm³/mol. The summed E-state index contributed by atoms with van der Waals surface area (Å²) in [7, 11) is 3.87. The van der Waals surface area contributed by atoms with Crippen molar-refractivity contribution in [2.75, 3.05) is 53.6 Å². The van der Waals surface area contributed by atoms with Crippen LogP contribution in [0, 0.1) is 11.3 Å². The highest BCUT2D eigenvalue weighted by molar-refractivity contribution is 4.91. The van der Waals surface area contributed by atoms with Gasteiger partial charge in [0, 0.05) is 46.0 Å². The minimum atomic E-state index is 0.379. The zero-order chi connectivity index (χ0) is 14.4. The van der Waals surface area contributed by atoms with Crippen LogP contribution in [0.3, 0.4) is 0 Å². The van der Waals surface area contributed by atoms with Crippen molar-refractivity contribution in [1.82, 2.24) is 10.2 Å². The van der Waals surface area contributed by atoms with Crippen molar-refractivity contribution in [2.45, 2.75) is 38.6 Å². The van der Waals surface area contributed by atoms with Gasteiger partial charge in [0.2, 0.25) is 0 Å². The van der Waals surface area contributed by atoms with Gasteiger partial charge in [-0.3, -0.25) is 4.90 Å². The van der Waals surface area contributed by atoms with Gasteiger partial charge in [-0.15, -0.1) is 0 Å². The van der Waals surface area contributed by atoms with Gasteiger partial charge in [-0.25, -0.2) is 0 Å². The van der Waals surface area contributed by atoms with E-state index in [4.69, 9.17) is 9.47 Å². The lowest BCUT2D eigenvalue weighted by Gasteiger charge is -2.43.